The quantitative estimate of drug-likeness (QED) is 0.441. The summed E-state index contributed by atoms with van der Waals surface area (Å²) in [5.74, 6) is -0.251. The highest BCUT2D eigenvalue weighted by molar-refractivity contribution is 8.26. The van der Waals surface area contributed by atoms with Crippen LogP contribution in [0, 0.1) is 6.92 Å². The van der Waals surface area contributed by atoms with Gasteiger partial charge in [-0.1, -0.05) is 73.4 Å². The predicted octanol–water partition coefficient (Wildman–Crippen LogP) is 5.42. The zero-order valence-corrected chi connectivity index (χ0v) is 20.6. The lowest BCUT2D eigenvalue weighted by Gasteiger charge is -2.49. The van der Waals surface area contributed by atoms with Crippen LogP contribution < -0.4 is 4.90 Å². The highest BCUT2D eigenvalue weighted by atomic mass is 32.2. The lowest BCUT2D eigenvalue weighted by molar-refractivity contribution is -0.122. The summed E-state index contributed by atoms with van der Waals surface area (Å²) in [6.45, 7) is 11.0. The Morgan fingerprint density at radius 3 is 2.34 bits per heavy atom. The fourth-order valence-electron chi connectivity index (χ4n) is 5.72. The molecule has 0 aliphatic carbocycles. The molecule has 6 heteroatoms. The molecule has 1 saturated heterocycles. The maximum atomic E-state index is 14.0. The van der Waals surface area contributed by atoms with Gasteiger partial charge in [-0.05, 0) is 50.8 Å². The average molecular weight is 463 g/mol. The van der Waals surface area contributed by atoms with Gasteiger partial charge in [-0.25, -0.2) is 0 Å². The van der Waals surface area contributed by atoms with Gasteiger partial charge < -0.3 is 4.90 Å². The molecule has 1 fully saturated rings. The van der Waals surface area contributed by atoms with E-state index in [2.05, 4.69) is 57.2 Å². The van der Waals surface area contributed by atoms with Crippen LogP contribution in [0.2, 0.25) is 0 Å². The van der Waals surface area contributed by atoms with E-state index in [9.17, 15) is 9.59 Å². The van der Waals surface area contributed by atoms with Crippen LogP contribution >= 0.6 is 24.0 Å². The topological polar surface area (TPSA) is 40.6 Å². The lowest BCUT2D eigenvalue weighted by atomic mass is 9.65. The molecule has 0 bridgehead atoms. The molecule has 32 heavy (non-hydrogen) atoms. The van der Waals surface area contributed by atoms with Crippen molar-refractivity contribution < 1.29 is 9.59 Å². The van der Waals surface area contributed by atoms with Gasteiger partial charge in [0, 0.05) is 23.1 Å². The molecular formula is C26H26N2O2S2. The van der Waals surface area contributed by atoms with E-state index in [1.807, 2.05) is 24.8 Å². The van der Waals surface area contributed by atoms with Crippen LogP contribution in [-0.4, -0.2) is 33.1 Å². The molecule has 1 unspecified atom stereocenters. The van der Waals surface area contributed by atoms with E-state index in [0.29, 0.717) is 21.3 Å². The molecular weight excluding hydrogens is 436 g/mol. The Balaban J connectivity index is 1.83. The molecule has 164 valence electrons. The molecule has 3 heterocycles. The molecule has 3 aliphatic rings. The summed E-state index contributed by atoms with van der Waals surface area (Å²) in [4.78, 5) is 31.1. The van der Waals surface area contributed by atoms with Crippen molar-refractivity contribution in [2.45, 2.75) is 52.0 Å². The number of amides is 2. The highest BCUT2D eigenvalue weighted by Crippen LogP contribution is 2.58. The van der Waals surface area contributed by atoms with Crippen molar-refractivity contribution in [2.75, 3.05) is 11.4 Å². The van der Waals surface area contributed by atoms with Gasteiger partial charge in [0.25, 0.3) is 11.8 Å². The van der Waals surface area contributed by atoms with Crippen LogP contribution in [0.4, 0.5) is 5.69 Å². The number of carbonyl (C=O) groups is 2. The van der Waals surface area contributed by atoms with Crippen molar-refractivity contribution in [1.29, 1.82) is 0 Å². The van der Waals surface area contributed by atoms with Crippen LogP contribution in [0.15, 0.2) is 47.4 Å². The van der Waals surface area contributed by atoms with Gasteiger partial charge in [-0.3, -0.25) is 14.5 Å². The van der Waals surface area contributed by atoms with Gasteiger partial charge in [0.05, 0.1) is 16.2 Å². The zero-order valence-electron chi connectivity index (χ0n) is 19.0. The van der Waals surface area contributed by atoms with Crippen molar-refractivity contribution >= 4 is 51.4 Å². The standard InChI is InChI=1S/C26H26N2O2S2/c1-6-27-23(30)21(32-24(27)31)19-18-15(2)12-13-17-20(18)28(22(19)29)25(3,4)14-26(17,5)16-10-8-7-9-11-16/h7-13H,6,14H2,1-5H3/b21-19-. The molecule has 0 N–H and O–H groups in total. The molecule has 2 aromatic carbocycles. The molecule has 2 aromatic rings. The van der Waals surface area contributed by atoms with Crippen molar-refractivity contribution in [3.05, 3.63) is 69.6 Å². The third-order valence-corrected chi connectivity index (χ3v) is 8.51. The number of benzene rings is 2. The number of hydrogen-bond donors (Lipinski definition) is 0. The molecule has 0 saturated carbocycles. The summed E-state index contributed by atoms with van der Waals surface area (Å²) < 4.78 is 0.518. The second-order valence-corrected chi connectivity index (χ2v) is 11.2. The maximum Gasteiger partial charge on any atom is 0.266 e. The van der Waals surface area contributed by atoms with E-state index in [-0.39, 0.29) is 17.2 Å². The molecule has 5 rings (SSSR count). The Labute approximate surface area is 198 Å². The van der Waals surface area contributed by atoms with Gasteiger partial charge in [0.15, 0.2) is 0 Å². The summed E-state index contributed by atoms with van der Waals surface area (Å²) >= 11 is 6.70. The van der Waals surface area contributed by atoms with E-state index < -0.39 is 5.54 Å². The number of hydrogen-bond acceptors (Lipinski definition) is 4. The van der Waals surface area contributed by atoms with Crippen molar-refractivity contribution in [3.63, 3.8) is 0 Å². The summed E-state index contributed by atoms with van der Waals surface area (Å²) in [7, 11) is 0. The van der Waals surface area contributed by atoms with Crippen LogP contribution in [0.5, 0.6) is 0 Å². The summed E-state index contributed by atoms with van der Waals surface area (Å²) in [6.07, 6.45) is 0.786. The monoisotopic (exact) mass is 462 g/mol. The Bertz CT molecular complexity index is 1230. The summed E-state index contributed by atoms with van der Waals surface area (Å²) in [5.41, 5.74) is 5.05. The number of carbonyl (C=O) groups excluding carboxylic acids is 2. The molecule has 0 radical (unpaired) electrons. The van der Waals surface area contributed by atoms with Crippen molar-refractivity contribution in [1.82, 2.24) is 4.90 Å². The number of anilines is 1. The van der Waals surface area contributed by atoms with Crippen molar-refractivity contribution in [2.24, 2.45) is 0 Å². The van der Waals surface area contributed by atoms with Crippen LogP contribution in [0.1, 0.15) is 56.4 Å². The van der Waals surface area contributed by atoms with E-state index in [1.165, 1.54) is 17.3 Å². The Morgan fingerprint density at radius 1 is 1.03 bits per heavy atom. The Kier molecular flexibility index (Phi) is 4.70. The minimum atomic E-state index is -0.420. The largest absolute Gasteiger partial charge is 0.302 e. The van der Waals surface area contributed by atoms with E-state index in [0.717, 1.165) is 28.8 Å². The van der Waals surface area contributed by atoms with E-state index in [1.54, 1.807) is 4.90 Å². The normalized spacial score (nSPS) is 26.2. The molecule has 4 nitrogen and oxygen atoms in total. The third-order valence-electron chi connectivity index (χ3n) is 7.07. The second-order valence-electron chi connectivity index (χ2n) is 9.60. The third kappa shape index (κ3) is 2.72. The fourth-order valence-corrected chi connectivity index (χ4v) is 7.17. The maximum absolute atomic E-state index is 14.0. The van der Waals surface area contributed by atoms with Gasteiger partial charge in [0.2, 0.25) is 0 Å². The SMILES string of the molecule is CCN1C(=O)/C(=C2/C(=O)N3c4c(ccc(C)c42)C(C)(c2ccccc2)CC3(C)C)SC1=S. The van der Waals surface area contributed by atoms with Crippen LogP contribution in [0.25, 0.3) is 5.57 Å². The average Bonchev–Trinajstić information content (AvgIpc) is 3.21. The molecule has 0 spiro atoms. The molecule has 0 aromatic heterocycles. The number of thioether (sulfide) groups is 1. The zero-order chi connectivity index (χ0) is 23.0. The summed E-state index contributed by atoms with van der Waals surface area (Å²) in [6, 6.07) is 14.8. The van der Waals surface area contributed by atoms with Gasteiger partial charge >= 0.3 is 0 Å². The fraction of sp³-hybridized carbons (Fsp3) is 0.346. The first-order chi connectivity index (χ1) is 15.1. The number of rotatable bonds is 2. The van der Waals surface area contributed by atoms with Crippen LogP contribution in [0.3, 0.4) is 0 Å². The smallest absolute Gasteiger partial charge is 0.266 e. The minimum Gasteiger partial charge on any atom is -0.302 e. The Hall–Kier alpha value is -2.44. The number of aryl methyl sites for hydroxylation is 1. The molecule has 2 amide bonds. The molecule has 1 atom stereocenters. The van der Waals surface area contributed by atoms with Crippen LogP contribution in [-0.2, 0) is 15.0 Å². The number of thiocarbonyl (C=S) groups is 1. The van der Waals surface area contributed by atoms with Gasteiger partial charge in [0.1, 0.15) is 4.32 Å². The Morgan fingerprint density at radius 2 is 1.72 bits per heavy atom. The van der Waals surface area contributed by atoms with Crippen molar-refractivity contribution in [3.8, 4) is 0 Å². The van der Waals surface area contributed by atoms with Gasteiger partial charge in [-0.15, -0.1) is 0 Å². The first-order valence-electron chi connectivity index (χ1n) is 10.9. The van der Waals surface area contributed by atoms with E-state index >= 15 is 0 Å². The van der Waals surface area contributed by atoms with Gasteiger partial charge in [-0.2, -0.15) is 0 Å². The lowest BCUT2D eigenvalue weighted by Crippen LogP contribution is -2.54. The second kappa shape index (κ2) is 7.03. The minimum absolute atomic E-state index is 0.0905. The molecule has 3 aliphatic heterocycles. The number of likely N-dealkylation sites (N-methyl/N-ethyl adjacent to an activating group) is 1. The first kappa shape index (κ1) is 21.4. The first-order valence-corrected chi connectivity index (χ1v) is 12.2. The number of nitrogens with zero attached hydrogens (tertiary/aromatic N) is 2. The van der Waals surface area contributed by atoms with E-state index in [4.69, 9.17) is 12.2 Å². The predicted molar refractivity (Wildman–Crippen MR) is 135 cm³/mol. The summed E-state index contributed by atoms with van der Waals surface area (Å²) in [5, 5.41) is 0. The highest BCUT2D eigenvalue weighted by Gasteiger charge is 2.54.